The number of hydrogen-bond acceptors (Lipinski definition) is 4. The lowest BCUT2D eigenvalue weighted by Gasteiger charge is -2.10. The standard InChI is InChI=1S/C21H23NO4/c1-3-25-17-11-5-4-8-15(17)10-7-13-22-21(23)19-14-16-9-6-12-18(24-2)20(16)26-19/h4-6,8-9,11-12,14H,3,7,10,13H2,1-2H3,(H,22,23). The van der Waals surface area contributed by atoms with Crippen LogP contribution in [-0.2, 0) is 6.42 Å². The summed E-state index contributed by atoms with van der Waals surface area (Å²) >= 11 is 0. The maximum Gasteiger partial charge on any atom is 0.287 e. The first-order valence-corrected chi connectivity index (χ1v) is 8.78. The van der Waals surface area contributed by atoms with Crippen LogP contribution in [0, 0.1) is 0 Å². The first-order valence-electron chi connectivity index (χ1n) is 8.78. The molecule has 0 aliphatic carbocycles. The van der Waals surface area contributed by atoms with Crippen molar-refractivity contribution in [2.24, 2.45) is 0 Å². The molecule has 0 unspecified atom stereocenters. The number of aryl methyl sites for hydroxylation is 1. The van der Waals surface area contributed by atoms with E-state index in [1.807, 2.05) is 43.3 Å². The second-order valence-electron chi connectivity index (χ2n) is 5.89. The number of fused-ring (bicyclic) bond motifs is 1. The summed E-state index contributed by atoms with van der Waals surface area (Å²) in [6, 6.07) is 15.3. The van der Waals surface area contributed by atoms with Gasteiger partial charge in [0, 0.05) is 11.9 Å². The van der Waals surface area contributed by atoms with E-state index in [4.69, 9.17) is 13.9 Å². The molecule has 0 radical (unpaired) electrons. The van der Waals surface area contributed by atoms with Gasteiger partial charge >= 0.3 is 0 Å². The van der Waals surface area contributed by atoms with Crippen LogP contribution in [-0.4, -0.2) is 26.2 Å². The number of methoxy groups -OCH3 is 1. The van der Waals surface area contributed by atoms with Gasteiger partial charge in [-0.2, -0.15) is 0 Å². The molecule has 0 aliphatic rings. The fourth-order valence-corrected chi connectivity index (χ4v) is 2.88. The van der Waals surface area contributed by atoms with E-state index in [9.17, 15) is 4.79 Å². The molecule has 5 nitrogen and oxygen atoms in total. The summed E-state index contributed by atoms with van der Waals surface area (Å²) in [6.07, 6.45) is 1.66. The molecular formula is C21H23NO4. The average molecular weight is 353 g/mol. The average Bonchev–Trinajstić information content (AvgIpc) is 3.11. The molecule has 0 saturated carbocycles. The maximum absolute atomic E-state index is 12.3. The summed E-state index contributed by atoms with van der Waals surface area (Å²) in [6.45, 7) is 3.18. The van der Waals surface area contributed by atoms with Crippen molar-refractivity contribution < 1.29 is 18.7 Å². The number of benzene rings is 2. The van der Waals surface area contributed by atoms with Crippen molar-refractivity contribution in [3.63, 3.8) is 0 Å². The summed E-state index contributed by atoms with van der Waals surface area (Å²) in [4.78, 5) is 12.3. The molecule has 3 rings (SSSR count). The quantitative estimate of drug-likeness (QED) is 0.617. The Morgan fingerprint density at radius 3 is 2.73 bits per heavy atom. The molecular weight excluding hydrogens is 330 g/mol. The summed E-state index contributed by atoms with van der Waals surface area (Å²) in [5.41, 5.74) is 1.74. The van der Waals surface area contributed by atoms with E-state index in [0.29, 0.717) is 30.2 Å². The number of para-hydroxylation sites is 2. The van der Waals surface area contributed by atoms with Crippen molar-refractivity contribution in [2.45, 2.75) is 19.8 Å². The van der Waals surface area contributed by atoms with Crippen molar-refractivity contribution in [1.82, 2.24) is 5.32 Å². The molecule has 1 aromatic heterocycles. The minimum Gasteiger partial charge on any atom is -0.494 e. The minimum atomic E-state index is -0.221. The van der Waals surface area contributed by atoms with Crippen molar-refractivity contribution in [3.05, 3.63) is 59.9 Å². The molecule has 0 aliphatic heterocycles. The van der Waals surface area contributed by atoms with Crippen LogP contribution in [0.5, 0.6) is 11.5 Å². The number of amides is 1. The number of carbonyl (C=O) groups excluding carboxylic acids is 1. The van der Waals surface area contributed by atoms with E-state index in [0.717, 1.165) is 29.5 Å². The van der Waals surface area contributed by atoms with Crippen LogP contribution in [0.1, 0.15) is 29.5 Å². The Labute approximate surface area is 152 Å². The van der Waals surface area contributed by atoms with Crippen molar-refractivity contribution in [1.29, 1.82) is 0 Å². The van der Waals surface area contributed by atoms with E-state index in [2.05, 4.69) is 11.4 Å². The second kappa shape index (κ2) is 8.43. The number of furan rings is 1. The first kappa shape index (κ1) is 17.9. The fourth-order valence-electron chi connectivity index (χ4n) is 2.88. The Morgan fingerprint density at radius 2 is 1.92 bits per heavy atom. The summed E-state index contributed by atoms with van der Waals surface area (Å²) < 4.78 is 16.5. The van der Waals surface area contributed by atoms with Gasteiger partial charge in [-0.3, -0.25) is 4.79 Å². The van der Waals surface area contributed by atoms with Crippen molar-refractivity contribution in [3.8, 4) is 11.5 Å². The van der Waals surface area contributed by atoms with Gasteiger partial charge in [0.2, 0.25) is 0 Å². The Balaban J connectivity index is 1.56. The third-order valence-electron chi connectivity index (χ3n) is 4.13. The van der Waals surface area contributed by atoms with Crippen LogP contribution < -0.4 is 14.8 Å². The van der Waals surface area contributed by atoms with E-state index in [-0.39, 0.29) is 5.91 Å². The minimum absolute atomic E-state index is 0.221. The van der Waals surface area contributed by atoms with Crippen molar-refractivity contribution >= 4 is 16.9 Å². The number of rotatable bonds is 8. The second-order valence-corrected chi connectivity index (χ2v) is 5.89. The SMILES string of the molecule is CCOc1ccccc1CCCNC(=O)c1cc2cccc(OC)c2o1. The summed E-state index contributed by atoms with van der Waals surface area (Å²) in [5, 5.41) is 3.75. The predicted octanol–water partition coefficient (Wildman–Crippen LogP) is 4.20. The van der Waals surface area contributed by atoms with Gasteiger partial charge in [-0.1, -0.05) is 30.3 Å². The van der Waals surface area contributed by atoms with E-state index < -0.39 is 0 Å². The fraction of sp³-hybridized carbons (Fsp3) is 0.286. The molecule has 136 valence electrons. The Kier molecular flexibility index (Phi) is 5.79. The first-order chi connectivity index (χ1) is 12.7. The third kappa shape index (κ3) is 3.99. The van der Waals surface area contributed by atoms with Crippen LogP contribution in [0.4, 0.5) is 0 Å². The zero-order valence-electron chi connectivity index (χ0n) is 15.1. The lowest BCUT2D eigenvalue weighted by atomic mass is 10.1. The lowest BCUT2D eigenvalue weighted by Crippen LogP contribution is -2.24. The molecule has 1 heterocycles. The zero-order valence-corrected chi connectivity index (χ0v) is 15.1. The highest BCUT2D eigenvalue weighted by molar-refractivity contribution is 5.97. The van der Waals surface area contributed by atoms with Crippen LogP contribution in [0.2, 0.25) is 0 Å². The number of hydrogen-bond donors (Lipinski definition) is 1. The van der Waals surface area contributed by atoms with Crippen LogP contribution >= 0.6 is 0 Å². The van der Waals surface area contributed by atoms with Crippen molar-refractivity contribution in [2.75, 3.05) is 20.3 Å². The summed E-state index contributed by atoms with van der Waals surface area (Å²) in [5.74, 6) is 1.60. The van der Waals surface area contributed by atoms with Gasteiger partial charge in [0.25, 0.3) is 5.91 Å². The summed E-state index contributed by atoms with van der Waals surface area (Å²) in [7, 11) is 1.58. The van der Waals surface area contributed by atoms with Crippen LogP contribution in [0.25, 0.3) is 11.0 Å². The van der Waals surface area contributed by atoms with Gasteiger partial charge in [-0.25, -0.2) is 0 Å². The smallest absolute Gasteiger partial charge is 0.287 e. The Morgan fingerprint density at radius 1 is 1.12 bits per heavy atom. The molecule has 26 heavy (non-hydrogen) atoms. The lowest BCUT2D eigenvalue weighted by molar-refractivity contribution is 0.0927. The Bertz CT molecular complexity index is 885. The van der Waals surface area contributed by atoms with Gasteiger partial charge in [0.15, 0.2) is 17.1 Å². The molecule has 0 saturated heterocycles. The van der Waals surface area contributed by atoms with Gasteiger partial charge in [0.05, 0.1) is 13.7 Å². The zero-order chi connectivity index (χ0) is 18.4. The molecule has 0 fully saturated rings. The highest BCUT2D eigenvalue weighted by Crippen LogP contribution is 2.28. The van der Waals surface area contributed by atoms with E-state index in [1.165, 1.54) is 0 Å². The number of ether oxygens (including phenoxy) is 2. The molecule has 1 amide bonds. The number of carbonyl (C=O) groups is 1. The topological polar surface area (TPSA) is 60.7 Å². The van der Waals surface area contributed by atoms with Gasteiger partial charge in [0.1, 0.15) is 5.75 Å². The van der Waals surface area contributed by atoms with Gasteiger partial charge in [-0.15, -0.1) is 0 Å². The molecule has 0 bridgehead atoms. The highest BCUT2D eigenvalue weighted by Gasteiger charge is 2.14. The monoisotopic (exact) mass is 353 g/mol. The molecule has 0 atom stereocenters. The van der Waals surface area contributed by atoms with E-state index in [1.54, 1.807) is 13.2 Å². The molecule has 5 heteroatoms. The predicted molar refractivity (Wildman–Crippen MR) is 101 cm³/mol. The highest BCUT2D eigenvalue weighted by atomic mass is 16.5. The molecule has 1 N–H and O–H groups in total. The number of nitrogens with one attached hydrogen (secondary N) is 1. The Hall–Kier alpha value is -2.95. The van der Waals surface area contributed by atoms with E-state index >= 15 is 0 Å². The largest absolute Gasteiger partial charge is 0.494 e. The van der Waals surface area contributed by atoms with Crippen LogP contribution in [0.15, 0.2) is 52.9 Å². The van der Waals surface area contributed by atoms with Gasteiger partial charge < -0.3 is 19.2 Å². The normalized spacial score (nSPS) is 10.7. The maximum atomic E-state index is 12.3. The van der Waals surface area contributed by atoms with Crippen LogP contribution in [0.3, 0.4) is 0 Å². The molecule has 0 spiro atoms. The molecule has 3 aromatic rings. The molecule has 2 aromatic carbocycles. The third-order valence-corrected chi connectivity index (χ3v) is 4.13. The van der Waals surface area contributed by atoms with Gasteiger partial charge in [-0.05, 0) is 43.5 Å².